The predicted molar refractivity (Wildman–Crippen MR) is 81.0 cm³/mol. The molecule has 0 amide bonds. The molecule has 0 aromatic heterocycles. The van der Waals surface area contributed by atoms with Crippen LogP contribution < -0.4 is 0 Å². The first-order chi connectivity index (χ1) is 8.94. The number of carbonyl (C=O) groups is 1. The van der Waals surface area contributed by atoms with Gasteiger partial charge in [-0.3, -0.25) is 4.79 Å². The third kappa shape index (κ3) is 3.01. The van der Waals surface area contributed by atoms with Crippen molar-refractivity contribution in [2.24, 2.45) is 17.3 Å². The van der Waals surface area contributed by atoms with Crippen molar-refractivity contribution in [1.29, 1.82) is 0 Å². The zero-order valence-electron chi connectivity index (χ0n) is 12.8. The van der Waals surface area contributed by atoms with Gasteiger partial charge in [-0.25, -0.2) is 0 Å². The van der Waals surface area contributed by atoms with Crippen LogP contribution >= 0.6 is 0 Å². The van der Waals surface area contributed by atoms with E-state index >= 15 is 0 Å². The number of fused-ring (bicyclic) bond motifs is 1. The molecule has 1 saturated carbocycles. The van der Waals surface area contributed by atoms with Crippen LogP contribution in [0.25, 0.3) is 0 Å². The lowest BCUT2D eigenvalue weighted by Gasteiger charge is -2.44. The molecule has 0 aromatic carbocycles. The maximum absolute atomic E-state index is 12.4. The van der Waals surface area contributed by atoms with E-state index < -0.39 is 0 Å². The van der Waals surface area contributed by atoms with Gasteiger partial charge in [0.2, 0.25) is 0 Å². The first-order valence-electron chi connectivity index (χ1n) is 7.83. The highest BCUT2D eigenvalue weighted by Crippen LogP contribution is 2.50. The van der Waals surface area contributed by atoms with Crippen LogP contribution in [-0.2, 0) is 4.79 Å². The topological polar surface area (TPSA) is 17.1 Å². The summed E-state index contributed by atoms with van der Waals surface area (Å²) in [5.41, 5.74) is 3.02. The van der Waals surface area contributed by atoms with Crippen molar-refractivity contribution in [3.05, 3.63) is 23.8 Å². The summed E-state index contributed by atoms with van der Waals surface area (Å²) in [5, 5.41) is 0. The lowest BCUT2D eigenvalue weighted by atomic mass is 9.60. The Kier molecular flexibility index (Phi) is 4.32. The number of hydrogen-bond donors (Lipinski definition) is 0. The molecule has 0 unspecified atom stereocenters. The van der Waals surface area contributed by atoms with Crippen molar-refractivity contribution in [2.45, 2.75) is 65.7 Å². The number of allylic oxidation sites excluding steroid dienone is 3. The number of Topliss-reactive ketones (excluding diaryl/α,β-unsaturated/α-hetero) is 1. The highest BCUT2D eigenvalue weighted by molar-refractivity contribution is 5.87. The van der Waals surface area contributed by atoms with Gasteiger partial charge in [-0.2, -0.15) is 0 Å². The lowest BCUT2D eigenvalue weighted by molar-refractivity contribution is -0.127. The van der Waals surface area contributed by atoms with E-state index in [9.17, 15) is 4.79 Å². The normalized spacial score (nSPS) is 34.7. The molecule has 19 heavy (non-hydrogen) atoms. The zero-order chi connectivity index (χ0) is 14.0. The quantitative estimate of drug-likeness (QED) is 0.645. The van der Waals surface area contributed by atoms with E-state index in [1.807, 2.05) is 0 Å². The van der Waals surface area contributed by atoms with Gasteiger partial charge in [0.1, 0.15) is 5.78 Å². The first-order valence-corrected chi connectivity index (χ1v) is 7.83. The van der Waals surface area contributed by atoms with Crippen LogP contribution in [0.2, 0.25) is 0 Å². The molecule has 3 atom stereocenters. The van der Waals surface area contributed by atoms with Crippen molar-refractivity contribution in [1.82, 2.24) is 0 Å². The van der Waals surface area contributed by atoms with E-state index in [1.165, 1.54) is 36.8 Å². The predicted octanol–water partition coefficient (Wildman–Crippen LogP) is 5.07. The molecule has 2 aliphatic carbocycles. The SMILES string of the molecule is C=C(C)CCC[C@]1(C)CCC[C@H]2C(=O)[C@H](C)CC=C21. The second-order valence-electron chi connectivity index (χ2n) is 7.01. The Morgan fingerprint density at radius 2 is 2.26 bits per heavy atom. The van der Waals surface area contributed by atoms with E-state index in [4.69, 9.17) is 0 Å². The fourth-order valence-corrected chi connectivity index (χ4v) is 3.91. The van der Waals surface area contributed by atoms with Gasteiger partial charge in [0.15, 0.2) is 0 Å². The Hall–Kier alpha value is -0.850. The molecule has 0 radical (unpaired) electrons. The van der Waals surface area contributed by atoms with Crippen LogP contribution in [0, 0.1) is 17.3 Å². The summed E-state index contributed by atoms with van der Waals surface area (Å²) in [6.07, 6.45) is 10.5. The highest BCUT2D eigenvalue weighted by Gasteiger charge is 2.42. The number of hydrogen-bond acceptors (Lipinski definition) is 1. The van der Waals surface area contributed by atoms with Gasteiger partial charge < -0.3 is 0 Å². The maximum atomic E-state index is 12.4. The Morgan fingerprint density at radius 3 is 2.95 bits per heavy atom. The molecule has 1 fully saturated rings. The van der Waals surface area contributed by atoms with E-state index in [0.717, 1.165) is 19.3 Å². The molecular weight excluding hydrogens is 232 g/mol. The van der Waals surface area contributed by atoms with Gasteiger partial charge in [0.25, 0.3) is 0 Å². The van der Waals surface area contributed by atoms with Crippen LogP contribution in [0.15, 0.2) is 23.8 Å². The van der Waals surface area contributed by atoms with Crippen LogP contribution in [0.5, 0.6) is 0 Å². The van der Waals surface area contributed by atoms with Crippen molar-refractivity contribution in [3.63, 3.8) is 0 Å². The molecule has 2 aliphatic rings. The van der Waals surface area contributed by atoms with Crippen LogP contribution in [0.1, 0.15) is 65.7 Å². The first kappa shape index (κ1) is 14.6. The van der Waals surface area contributed by atoms with E-state index in [1.54, 1.807) is 0 Å². The molecule has 0 spiro atoms. The largest absolute Gasteiger partial charge is 0.299 e. The minimum atomic E-state index is 0.242. The number of carbonyl (C=O) groups excluding carboxylic acids is 1. The van der Waals surface area contributed by atoms with Crippen molar-refractivity contribution < 1.29 is 4.79 Å². The third-order valence-corrected chi connectivity index (χ3v) is 5.15. The molecule has 106 valence electrons. The molecule has 1 nitrogen and oxygen atoms in total. The van der Waals surface area contributed by atoms with Gasteiger partial charge in [-0.1, -0.05) is 37.5 Å². The summed E-state index contributed by atoms with van der Waals surface area (Å²) < 4.78 is 0. The molecule has 0 heterocycles. The van der Waals surface area contributed by atoms with E-state index in [0.29, 0.717) is 5.78 Å². The third-order valence-electron chi connectivity index (χ3n) is 5.15. The maximum Gasteiger partial charge on any atom is 0.143 e. The average Bonchev–Trinajstić information content (AvgIpc) is 2.34. The minimum absolute atomic E-state index is 0.242. The second kappa shape index (κ2) is 5.64. The summed E-state index contributed by atoms with van der Waals surface area (Å²) in [5.74, 6) is 0.988. The molecule has 0 aliphatic heterocycles. The summed E-state index contributed by atoms with van der Waals surface area (Å²) in [6.45, 7) is 10.6. The van der Waals surface area contributed by atoms with Gasteiger partial charge in [0.05, 0.1) is 0 Å². The Balaban J connectivity index is 2.11. The molecule has 0 bridgehead atoms. The van der Waals surface area contributed by atoms with Gasteiger partial charge in [0, 0.05) is 11.8 Å². The molecule has 1 heteroatoms. The minimum Gasteiger partial charge on any atom is -0.299 e. The molecular formula is C18H28O. The number of rotatable bonds is 4. The van der Waals surface area contributed by atoms with Gasteiger partial charge in [-0.05, 0) is 50.9 Å². The van der Waals surface area contributed by atoms with Crippen molar-refractivity contribution >= 4 is 5.78 Å². The standard InChI is InChI=1S/C18H28O/c1-13(2)7-5-11-18(4)12-6-8-15-16(18)10-9-14(3)17(15)19/h10,14-15H,1,5-9,11-12H2,2-4H3/t14-,15-,18-/m1/s1. The van der Waals surface area contributed by atoms with Crippen molar-refractivity contribution in [3.8, 4) is 0 Å². The Bertz CT molecular complexity index is 404. The van der Waals surface area contributed by atoms with Crippen molar-refractivity contribution in [2.75, 3.05) is 0 Å². The van der Waals surface area contributed by atoms with E-state index in [-0.39, 0.29) is 17.3 Å². The van der Waals surface area contributed by atoms with E-state index in [2.05, 4.69) is 33.4 Å². The Labute approximate surface area is 118 Å². The molecule has 0 N–H and O–H groups in total. The fraction of sp³-hybridized carbons (Fsp3) is 0.722. The molecule has 2 rings (SSSR count). The number of ketones is 1. The van der Waals surface area contributed by atoms with Crippen LogP contribution in [0.4, 0.5) is 0 Å². The summed E-state index contributed by atoms with van der Waals surface area (Å²) in [4.78, 5) is 12.4. The zero-order valence-corrected chi connectivity index (χ0v) is 12.8. The summed E-state index contributed by atoms with van der Waals surface area (Å²) in [7, 11) is 0. The summed E-state index contributed by atoms with van der Waals surface area (Å²) >= 11 is 0. The van der Waals surface area contributed by atoms with Crippen LogP contribution in [-0.4, -0.2) is 5.78 Å². The highest BCUT2D eigenvalue weighted by atomic mass is 16.1. The second-order valence-corrected chi connectivity index (χ2v) is 7.01. The molecule has 0 aromatic rings. The van der Waals surface area contributed by atoms with Gasteiger partial charge in [-0.15, -0.1) is 6.58 Å². The average molecular weight is 260 g/mol. The van der Waals surface area contributed by atoms with Crippen LogP contribution in [0.3, 0.4) is 0 Å². The smallest absolute Gasteiger partial charge is 0.143 e. The fourth-order valence-electron chi connectivity index (χ4n) is 3.91. The van der Waals surface area contributed by atoms with Gasteiger partial charge >= 0.3 is 0 Å². The molecule has 0 saturated heterocycles. The monoisotopic (exact) mass is 260 g/mol. The summed E-state index contributed by atoms with van der Waals surface area (Å²) in [6, 6.07) is 0. The lowest BCUT2D eigenvalue weighted by Crippen LogP contribution is -2.38. The Morgan fingerprint density at radius 1 is 1.53 bits per heavy atom.